The van der Waals surface area contributed by atoms with Crippen LogP contribution in [0.2, 0.25) is 0 Å². The predicted octanol–water partition coefficient (Wildman–Crippen LogP) is 3.26. The zero-order valence-electron chi connectivity index (χ0n) is 14.3. The Hall–Kier alpha value is -2.34. The number of methoxy groups -OCH3 is 1. The molecule has 0 radical (unpaired) electrons. The molecule has 0 bridgehead atoms. The summed E-state index contributed by atoms with van der Waals surface area (Å²) < 4.78 is 5.39. The number of aryl methyl sites for hydroxylation is 1. The van der Waals surface area contributed by atoms with E-state index in [1.807, 2.05) is 42.6 Å². The van der Waals surface area contributed by atoms with E-state index >= 15 is 0 Å². The van der Waals surface area contributed by atoms with Crippen molar-refractivity contribution in [3.05, 3.63) is 51.7 Å². The highest BCUT2D eigenvalue weighted by Gasteiger charge is 2.41. The zero-order chi connectivity index (χ0) is 18.0. The van der Waals surface area contributed by atoms with E-state index in [1.54, 1.807) is 23.3 Å². The van der Waals surface area contributed by atoms with Gasteiger partial charge in [0.1, 0.15) is 5.75 Å². The van der Waals surface area contributed by atoms with Crippen LogP contribution < -0.4 is 4.74 Å². The average Bonchev–Trinajstić information content (AvgIpc) is 3.28. The summed E-state index contributed by atoms with van der Waals surface area (Å²) >= 11 is 1.56. The number of hydrogen-bond acceptors (Lipinski definition) is 4. The van der Waals surface area contributed by atoms with Gasteiger partial charge in [-0.25, -0.2) is 0 Å². The number of carboxylic acids is 1. The summed E-state index contributed by atoms with van der Waals surface area (Å²) in [5, 5.41) is 11.5. The molecule has 0 spiro atoms. The van der Waals surface area contributed by atoms with Crippen molar-refractivity contribution in [3.63, 3.8) is 0 Å². The number of rotatable bonds is 5. The maximum absolute atomic E-state index is 12.8. The number of carbonyl (C=O) groups excluding carboxylic acids is 1. The van der Waals surface area contributed by atoms with E-state index in [4.69, 9.17) is 4.74 Å². The minimum absolute atomic E-state index is 0.0976. The minimum atomic E-state index is -0.884. The van der Waals surface area contributed by atoms with E-state index in [1.165, 1.54) is 0 Å². The van der Waals surface area contributed by atoms with Crippen molar-refractivity contribution in [1.82, 2.24) is 4.90 Å². The monoisotopic (exact) mass is 359 g/mol. The molecule has 1 N–H and O–H groups in total. The van der Waals surface area contributed by atoms with Crippen LogP contribution in [0, 0.1) is 5.92 Å². The molecular formula is C19H21NO4S. The Kier molecular flexibility index (Phi) is 5.08. The van der Waals surface area contributed by atoms with Crippen LogP contribution in [0.5, 0.6) is 5.75 Å². The van der Waals surface area contributed by atoms with Crippen molar-refractivity contribution in [1.29, 1.82) is 0 Å². The molecule has 3 rings (SSSR count). The zero-order valence-corrected chi connectivity index (χ0v) is 15.1. The lowest BCUT2D eigenvalue weighted by Gasteiger charge is -2.18. The number of likely N-dealkylation sites (tertiary alicyclic amines) is 1. The predicted molar refractivity (Wildman–Crippen MR) is 96.5 cm³/mol. The smallest absolute Gasteiger partial charge is 0.308 e. The average molecular weight is 359 g/mol. The van der Waals surface area contributed by atoms with Gasteiger partial charge in [-0.15, -0.1) is 11.3 Å². The Morgan fingerprint density at radius 2 is 2.08 bits per heavy atom. The second kappa shape index (κ2) is 7.27. The maximum atomic E-state index is 12.8. The van der Waals surface area contributed by atoms with Crippen LogP contribution in [0.1, 0.15) is 33.6 Å². The van der Waals surface area contributed by atoms with Gasteiger partial charge in [0.25, 0.3) is 5.91 Å². The van der Waals surface area contributed by atoms with Gasteiger partial charge < -0.3 is 14.7 Å². The first-order valence-corrected chi connectivity index (χ1v) is 9.15. The fourth-order valence-electron chi connectivity index (χ4n) is 3.37. The highest BCUT2D eigenvalue weighted by molar-refractivity contribution is 7.10. The fourth-order valence-corrected chi connectivity index (χ4v) is 4.18. The number of thiophene rings is 1. The minimum Gasteiger partial charge on any atom is -0.496 e. The quantitative estimate of drug-likeness (QED) is 0.890. The van der Waals surface area contributed by atoms with Crippen molar-refractivity contribution in [2.24, 2.45) is 5.92 Å². The van der Waals surface area contributed by atoms with Crippen molar-refractivity contribution in [2.45, 2.75) is 19.3 Å². The van der Waals surface area contributed by atoms with E-state index in [-0.39, 0.29) is 18.4 Å². The van der Waals surface area contributed by atoms with Crippen LogP contribution in [-0.2, 0) is 11.2 Å². The second-order valence-corrected chi connectivity index (χ2v) is 7.15. The molecule has 1 saturated heterocycles. The van der Waals surface area contributed by atoms with E-state index in [0.717, 1.165) is 16.9 Å². The standard InChI is InChI=1S/C19H21NO4S/c1-3-13-8-12(11-25-13)18(21)20-9-15(16(10-20)19(22)23)14-6-4-5-7-17(14)24-2/h4-8,11,15-16H,3,9-10H2,1-2H3,(H,22,23)/t15-,16+/m1/s1. The van der Waals surface area contributed by atoms with E-state index in [0.29, 0.717) is 17.9 Å². The molecule has 2 aromatic rings. The van der Waals surface area contributed by atoms with Gasteiger partial charge in [-0.1, -0.05) is 25.1 Å². The molecule has 1 amide bonds. The lowest BCUT2D eigenvalue weighted by atomic mass is 9.88. The second-order valence-electron chi connectivity index (χ2n) is 6.16. The lowest BCUT2D eigenvalue weighted by molar-refractivity contribution is -0.141. The van der Waals surface area contributed by atoms with E-state index < -0.39 is 11.9 Å². The molecule has 1 aromatic heterocycles. The van der Waals surface area contributed by atoms with Crippen LogP contribution >= 0.6 is 11.3 Å². The van der Waals surface area contributed by atoms with Gasteiger partial charge in [0.15, 0.2) is 0 Å². The molecular weight excluding hydrogens is 338 g/mol. The Morgan fingerprint density at radius 3 is 2.72 bits per heavy atom. The van der Waals surface area contributed by atoms with Crippen LogP contribution in [0.15, 0.2) is 35.7 Å². The molecule has 0 unspecified atom stereocenters. The lowest BCUT2D eigenvalue weighted by Crippen LogP contribution is -2.29. The SMILES string of the molecule is CCc1cc(C(=O)N2C[C@H](C(=O)O)[C@@H](c3ccccc3OC)C2)cs1. The normalized spacial score (nSPS) is 19.8. The van der Waals surface area contributed by atoms with Gasteiger partial charge in [-0.2, -0.15) is 0 Å². The van der Waals surface area contributed by atoms with Gasteiger partial charge in [0.05, 0.1) is 18.6 Å². The topological polar surface area (TPSA) is 66.8 Å². The molecule has 5 nitrogen and oxygen atoms in total. The highest BCUT2D eigenvalue weighted by atomic mass is 32.1. The molecule has 132 valence electrons. The Labute approximate surface area is 150 Å². The molecule has 2 heterocycles. The molecule has 6 heteroatoms. The number of ether oxygens (including phenoxy) is 1. The molecule has 1 aliphatic heterocycles. The number of benzene rings is 1. The number of para-hydroxylation sites is 1. The van der Waals surface area contributed by atoms with Gasteiger partial charge in [0.2, 0.25) is 0 Å². The first-order valence-electron chi connectivity index (χ1n) is 8.27. The number of carboxylic acid groups (broad SMARTS) is 1. The van der Waals surface area contributed by atoms with Crippen LogP contribution in [-0.4, -0.2) is 42.1 Å². The van der Waals surface area contributed by atoms with Crippen molar-refractivity contribution in [2.75, 3.05) is 20.2 Å². The molecule has 1 aliphatic rings. The summed E-state index contributed by atoms with van der Waals surface area (Å²) in [4.78, 5) is 27.3. The largest absolute Gasteiger partial charge is 0.496 e. The van der Waals surface area contributed by atoms with Gasteiger partial charge in [-0.05, 0) is 24.1 Å². The highest BCUT2D eigenvalue weighted by Crippen LogP contribution is 2.38. The Morgan fingerprint density at radius 1 is 1.32 bits per heavy atom. The Balaban J connectivity index is 1.87. The van der Waals surface area contributed by atoms with E-state index in [2.05, 4.69) is 0 Å². The molecule has 1 aromatic carbocycles. The first kappa shape index (κ1) is 17.5. The van der Waals surface area contributed by atoms with Gasteiger partial charge in [-0.3, -0.25) is 9.59 Å². The van der Waals surface area contributed by atoms with Gasteiger partial charge in [0, 0.05) is 29.3 Å². The fraction of sp³-hybridized carbons (Fsp3) is 0.368. The number of carbonyl (C=O) groups is 2. The van der Waals surface area contributed by atoms with Crippen molar-refractivity contribution in [3.8, 4) is 5.75 Å². The summed E-state index contributed by atoms with van der Waals surface area (Å²) in [6, 6.07) is 9.33. The van der Waals surface area contributed by atoms with E-state index in [9.17, 15) is 14.7 Å². The first-order chi connectivity index (χ1) is 12.0. The number of nitrogens with zero attached hydrogens (tertiary/aromatic N) is 1. The number of aliphatic carboxylic acids is 1. The molecule has 2 atom stereocenters. The van der Waals surface area contributed by atoms with Crippen LogP contribution in [0.25, 0.3) is 0 Å². The summed E-state index contributed by atoms with van der Waals surface area (Å²) in [5.74, 6) is -1.23. The number of hydrogen-bond donors (Lipinski definition) is 1. The summed E-state index contributed by atoms with van der Waals surface area (Å²) in [6.45, 7) is 2.65. The van der Waals surface area contributed by atoms with Gasteiger partial charge >= 0.3 is 5.97 Å². The van der Waals surface area contributed by atoms with Crippen molar-refractivity contribution < 1.29 is 19.4 Å². The molecule has 25 heavy (non-hydrogen) atoms. The molecule has 0 aliphatic carbocycles. The summed E-state index contributed by atoms with van der Waals surface area (Å²) in [5.41, 5.74) is 1.49. The third-order valence-corrected chi connectivity index (χ3v) is 5.79. The molecule has 0 saturated carbocycles. The molecule has 1 fully saturated rings. The maximum Gasteiger partial charge on any atom is 0.308 e. The third-order valence-electron chi connectivity index (χ3n) is 4.71. The summed E-state index contributed by atoms with van der Waals surface area (Å²) in [7, 11) is 1.57. The number of amides is 1. The Bertz CT molecular complexity index is 785. The summed E-state index contributed by atoms with van der Waals surface area (Å²) in [6.07, 6.45) is 0.888. The van der Waals surface area contributed by atoms with Crippen LogP contribution in [0.4, 0.5) is 0 Å². The third kappa shape index (κ3) is 3.39. The van der Waals surface area contributed by atoms with Crippen LogP contribution in [0.3, 0.4) is 0 Å². The van der Waals surface area contributed by atoms with Crippen molar-refractivity contribution >= 4 is 23.2 Å².